The number of nitro groups is 1. The highest BCUT2D eigenvalue weighted by molar-refractivity contribution is 5.47. The fourth-order valence-electron chi connectivity index (χ4n) is 0.0986. The summed E-state index contributed by atoms with van der Waals surface area (Å²) in [4.78, 5) is 18.9. The third-order valence-electron chi connectivity index (χ3n) is 0.378. The number of hydrazine groups is 1. The number of hydrogen-bond donors (Lipinski definition) is 0. The van der Waals surface area contributed by atoms with Crippen LogP contribution < -0.4 is 0 Å². The van der Waals surface area contributed by atoms with Crippen molar-refractivity contribution in [2.45, 2.75) is 0 Å². The maximum atomic E-state index is 9.44. The van der Waals surface area contributed by atoms with E-state index in [-0.39, 0.29) is 11.4 Å². The summed E-state index contributed by atoms with van der Waals surface area (Å²) in [5.41, 5.74) is 0. The van der Waals surface area contributed by atoms with Crippen LogP contribution in [0.5, 0.6) is 0 Å². The number of rotatable bonds is 2. The molecule has 0 saturated heterocycles. The minimum absolute atomic E-state index is 0.181. The smallest absolute Gasteiger partial charge is 0.271 e. The number of nitriles is 1. The Balaban J connectivity index is 3.95. The molecular weight excluding hydrogens is 114 g/mol. The van der Waals surface area contributed by atoms with E-state index in [4.69, 9.17) is 5.26 Å². The Bertz CT molecular complexity index is 147. The lowest BCUT2D eigenvalue weighted by Gasteiger charge is -1.88. The monoisotopic (exact) mass is 115 g/mol. The van der Waals surface area contributed by atoms with Crippen LogP contribution in [0.15, 0.2) is 0 Å². The SMILES string of the molecule is N#CN(C=O)[N+](=O)[O-]. The second-order valence-corrected chi connectivity index (χ2v) is 0.788. The molecule has 0 fully saturated rings. The summed E-state index contributed by atoms with van der Waals surface area (Å²) in [5, 5.41) is 15.8. The van der Waals surface area contributed by atoms with Crippen molar-refractivity contribution in [3.05, 3.63) is 10.1 Å². The molecule has 0 atom stereocenters. The van der Waals surface area contributed by atoms with E-state index in [1.54, 1.807) is 0 Å². The van der Waals surface area contributed by atoms with Crippen LogP contribution in [0.3, 0.4) is 0 Å². The van der Waals surface area contributed by atoms with Crippen LogP contribution >= 0.6 is 0 Å². The van der Waals surface area contributed by atoms with Gasteiger partial charge in [0, 0.05) is 5.01 Å². The number of carbonyl (C=O) groups is 1. The summed E-state index contributed by atoms with van der Waals surface area (Å²) < 4.78 is 0. The highest BCUT2D eigenvalue weighted by Crippen LogP contribution is 1.74. The van der Waals surface area contributed by atoms with Gasteiger partial charge in [-0.3, -0.25) is 4.79 Å². The van der Waals surface area contributed by atoms with Crippen LogP contribution in [0, 0.1) is 21.6 Å². The van der Waals surface area contributed by atoms with Gasteiger partial charge in [0.25, 0.3) is 12.6 Å². The van der Waals surface area contributed by atoms with Crippen molar-refractivity contribution >= 4 is 6.41 Å². The molecule has 0 aromatic rings. The quantitative estimate of drug-likeness (QED) is 0.154. The first kappa shape index (κ1) is 6.36. The number of hydrogen-bond acceptors (Lipinski definition) is 4. The Hall–Kier alpha value is -1.64. The molecule has 0 aromatic heterocycles. The predicted molar refractivity (Wildman–Crippen MR) is 20.5 cm³/mol. The summed E-state index contributed by atoms with van der Waals surface area (Å²) in [7, 11) is 0. The first-order valence-electron chi connectivity index (χ1n) is 1.51. The first-order valence-corrected chi connectivity index (χ1v) is 1.51. The van der Waals surface area contributed by atoms with Gasteiger partial charge < -0.3 is 0 Å². The first-order chi connectivity index (χ1) is 3.72. The largest absolute Gasteiger partial charge is 0.289 e. The zero-order valence-corrected chi connectivity index (χ0v) is 3.64. The molecule has 0 N–H and O–H groups in total. The lowest BCUT2D eigenvalue weighted by molar-refractivity contribution is -0.612. The molecule has 0 saturated carbocycles. The molecule has 6 heteroatoms. The third kappa shape index (κ3) is 1.22. The zero-order valence-electron chi connectivity index (χ0n) is 3.64. The average Bonchev–Trinajstić information content (AvgIpc) is 1.69. The van der Waals surface area contributed by atoms with Gasteiger partial charge in [-0.2, -0.15) is 5.26 Å². The maximum Gasteiger partial charge on any atom is 0.289 e. The van der Waals surface area contributed by atoms with E-state index in [2.05, 4.69) is 0 Å². The van der Waals surface area contributed by atoms with Crippen LogP contribution in [0.25, 0.3) is 0 Å². The number of nitrogens with zero attached hydrogens (tertiary/aromatic N) is 3. The highest BCUT2D eigenvalue weighted by Gasteiger charge is 2.08. The van der Waals surface area contributed by atoms with Crippen LogP contribution in [0.1, 0.15) is 0 Å². The van der Waals surface area contributed by atoms with Crippen molar-refractivity contribution in [1.82, 2.24) is 5.01 Å². The van der Waals surface area contributed by atoms with E-state index in [1.165, 1.54) is 0 Å². The fourth-order valence-corrected chi connectivity index (χ4v) is 0.0986. The van der Waals surface area contributed by atoms with Crippen molar-refractivity contribution in [2.24, 2.45) is 0 Å². The summed E-state index contributed by atoms with van der Waals surface area (Å²) in [6, 6.07) is 0. The van der Waals surface area contributed by atoms with E-state index in [1.807, 2.05) is 0 Å². The van der Waals surface area contributed by atoms with Gasteiger partial charge in [-0.05, 0) is 0 Å². The van der Waals surface area contributed by atoms with Gasteiger partial charge >= 0.3 is 0 Å². The molecule has 0 aliphatic rings. The molecule has 8 heavy (non-hydrogen) atoms. The van der Waals surface area contributed by atoms with Crippen molar-refractivity contribution in [3.8, 4) is 6.19 Å². The van der Waals surface area contributed by atoms with Crippen LogP contribution in [-0.2, 0) is 4.79 Å². The third-order valence-corrected chi connectivity index (χ3v) is 0.378. The minimum atomic E-state index is -1.12. The molecule has 0 bridgehead atoms. The molecular formula is C2HN3O3. The van der Waals surface area contributed by atoms with E-state index < -0.39 is 5.03 Å². The normalized spacial score (nSPS) is 6.88. The van der Waals surface area contributed by atoms with Gasteiger partial charge in [0.05, 0.1) is 0 Å². The topological polar surface area (TPSA) is 87.2 Å². The molecule has 42 valence electrons. The Morgan fingerprint density at radius 1 is 1.88 bits per heavy atom. The molecule has 0 aliphatic carbocycles. The van der Waals surface area contributed by atoms with E-state index in [0.717, 1.165) is 6.19 Å². The molecule has 0 unspecified atom stereocenters. The van der Waals surface area contributed by atoms with Crippen molar-refractivity contribution in [1.29, 1.82) is 5.26 Å². The average molecular weight is 115 g/mol. The van der Waals surface area contributed by atoms with E-state index in [9.17, 15) is 14.9 Å². The fraction of sp³-hybridized carbons (Fsp3) is 0. The van der Waals surface area contributed by atoms with Crippen LogP contribution in [0.2, 0.25) is 0 Å². The molecule has 0 aromatic carbocycles. The highest BCUT2D eigenvalue weighted by atomic mass is 16.7. The van der Waals surface area contributed by atoms with Gasteiger partial charge in [-0.15, -0.1) is 0 Å². The van der Waals surface area contributed by atoms with Crippen LogP contribution in [0.4, 0.5) is 0 Å². The summed E-state index contributed by atoms with van der Waals surface area (Å²) in [5.74, 6) is 0. The molecule has 0 aliphatic heterocycles. The van der Waals surface area contributed by atoms with E-state index in [0.29, 0.717) is 0 Å². The number of carbonyl (C=O) groups excluding carboxylic acids is 1. The second kappa shape index (κ2) is 2.52. The van der Waals surface area contributed by atoms with Gasteiger partial charge in [-0.1, -0.05) is 0 Å². The Kier molecular flexibility index (Phi) is 2.00. The Morgan fingerprint density at radius 3 is 2.38 bits per heavy atom. The lowest BCUT2D eigenvalue weighted by atomic mass is 11.1. The summed E-state index contributed by atoms with van der Waals surface area (Å²) >= 11 is 0. The molecule has 0 spiro atoms. The van der Waals surface area contributed by atoms with Crippen molar-refractivity contribution in [3.63, 3.8) is 0 Å². The minimum Gasteiger partial charge on any atom is -0.271 e. The lowest BCUT2D eigenvalue weighted by Crippen LogP contribution is -2.22. The Morgan fingerprint density at radius 2 is 2.38 bits per heavy atom. The van der Waals surface area contributed by atoms with Gasteiger partial charge in [0.1, 0.15) is 0 Å². The van der Waals surface area contributed by atoms with Gasteiger partial charge in [0.15, 0.2) is 5.03 Å². The predicted octanol–water partition coefficient (Wildman–Crippen LogP) is -0.882. The molecule has 0 rings (SSSR count). The molecule has 0 heterocycles. The van der Waals surface area contributed by atoms with Crippen LogP contribution in [-0.4, -0.2) is 16.5 Å². The standard InChI is InChI=1S/C2HN3O3/c3-1-4(2-6)5(7)8/h2H. The van der Waals surface area contributed by atoms with Gasteiger partial charge in [0.2, 0.25) is 0 Å². The summed E-state index contributed by atoms with van der Waals surface area (Å²) in [6.07, 6.45) is 0.837. The Labute approximate surface area is 44.0 Å². The zero-order chi connectivity index (χ0) is 6.57. The van der Waals surface area contributed by atoms with Crippen molar-refractivity contribution in [2.75, 3.05) is 0 Å². The summed E-state index contributed by atoms with van der Waals surface area (Å²) in [6.45, 7) is 0. The molecule has 0 radical (unpaired) electrons. The second-order valence-electron chi connectivity index (χ2n) is 0.788. The van der Waals surface area contributed by atoms with E-state index >= 15 is 0 Å². The molecule has 1 amide bonds. The van der Waals surface area contributed by atoms with Crippen molar-refractivity contribution < 1.29 is 9.83 Å². The van der Waals surface area contributed by atoms with Gasteiger partial charge in [-0.25, -0.2) is 10.1 Å². The maximum absolute atomic E-state index is 9.44. The molecule has 6 nitrogen and oxygen atoms in total. The number of amides is 1.